The molecule has 0 fully saturated rings. The monoisotopic (exact) mass is 368 g/mol. The third-order valence-corrected chi connectivity index (χ3v) is 3.86. The lowest BCUT2D eigenvalue weighted by Crippen LogP contribution is -2.07. The van der Waals surface area contributed by atoms with E-state index >= 15 is 0 Å². The molecular weight excluding hydrogens is 356 g/mol. The van der Waals surface area contributed by atoms with Crippen LogP contribution in [0.25, 0.3) is 0 Å². The van der Waals surface area contributed by atoms with E-state index in [1.165, 1.54) is 13.2 Å². The molecule has 0 atom stereocenters. The van der Waals surface area contributed by atoms with Crippen LogP contribution in [0.1, 0.15) is 15.9 Å². The molecule has 0 aromatic heterocycles. The predicted molar refractivity (Wildman–Crippen MR) is 89.4 cm³/mol. The van der Waals surface area contributed by atoms with E-state index in [1.54, 1.807) is 6.07 Å². The number of carbonyl (C=O) groups is 1. The highest BCUT2D eigenvalue weighted by molar-refractivity contribution is 9.10. The Balaban J connectivity index is 2.50. The van der Waals surface area contributed by atoms with Crippen molar-refractivity contribution in [2.75, 3.05) is 18.2 Å². The first-order valence-corrected chi connectivity index (χ1v) is 7.30. The van der Waals surface area contributed by atoms with Gasteiger partial charge in [0.05, 0.1) is 29.1 Å². The number of hydrogen-bond acceptors (Lipinski definition) is 4. The predicted octanol–water partition coefficient (Wildman–Crippen LogP) is 4.52. The molecule has 0 bridgehead atoms. The minimum absolute atomic E-state index is 0.287. The minimum atomic E-state index is -0.505. The molecular formula is C15H14BrClN2O2. The lowest BCUT2D eigenvalue weighted by atomic mass is 10.1. The highest BCUT2D eigenvalue weighted by Gasteiger charge is 2.17. The Labute approximate surface area is 136 Å². The molecule has 0 aliphatic rings. The molecule has 2 rings (SSSR count). The molecule has 0 aliphatic heterocycles. The first kappa shape index (κ1) is 15.7. The van der Waals surface area contributed by atoms with Crippen molar-refractivity contribution in [1.29, 1.82) is 0 Å². The molecule has 6 heteroatoms. The van der Waals surface area contributed by atoms with E-state index in [0.717, 1.165) is 15.7 Å². The van der Waals surface area contributed by atoms with E-state index < -0.39 is 5.97 Å². The number of methoxy groups -OCH3 is 1. The number of halogens is 2. The zero-order chi connectivity index (χ0) is 15.6. The summed E-state index contributed by atoms with van der Waals surface area (Å²) in [6.45, 7) is 1.99. The normalized spacial score (nSPS) is 10.3. The van der Waals surface area contributed by atoms with E-state index in [4.69, 9.17) is 22.1 Å². The largest absolute Gasteiger partial charge is 0.465 e. The fourth-order valence-corrected chi connectivity index (χ4v) is 2.75. The average Bonchev–Trinajstić information content (AvgIpc) is 2.42. The molecule has 21 heavy (non-hydrogen) atoms. The van der Waals surface area contributed by atoms with Crippen LogP contribution in [0.3, 0.4) is 0 Å². The van der Waals surface area contributed by atoms with Gasteiger partial charge in [0.15, 0.2) is 0 Å². The van der Waals surface area contributed by atoms with E-state index in [1.807, 2.05) is 25.1 Å². The smallest absolute Gasteiger partial charge is 0.340 e. The Hall–Kier alpha value is -1.72. The molecule has 0 aliphatic carbocycles. The second-order valence-corrected chi connectivity index (χ2v) is 5.79. The molecule has 0 unspecified atom stereocenters. The van der Waals surface area contributed by atoms with Gasteiger partial charge in [-0.1, -0.05) is 17.7 Å². The van der Waals surface area contributed by atoms with Crippen LogP contribution in [-0.4, -0.2) is 13.1 Å². The number of rotatable bonds is 3. The number of hydrogen-bond donors (Lipinski definition) is 2. The SMILES string of the molecule is COC(=O)c1cc(N)cc(Cl)c1Nc1ccc(C)cc1Br. The summed E-state index contributed by atoms with van der Waals surface area (Å²) in [5.74, 6) is -0.505. The van der Waals surface area contributed by atoms with Crippen LogP contribution >= 0.6 is 27.5 Å². The molecule has 2 aromatic rings. The summed E-state index contributed by atoms with van der Waals surface area (Å²) in [4.78, 5) is 11.9. The minimum Gasteiger partial charge on any atom is -0.465 e. The van der Waals surface area contributed by atoms with Gasteiger partial charge in [0.2, 0.25) is 0 Å². The van der Waals surface area contributed by atoms with Gasteiger partial charge in [0.1, 0.15) is 0 Å². The fraction of sp³-hybridized carbons (Fsp3) is 0.133. The third kappa shape index (κ3) is 3.49. The first-order valence-electron chi connectivity index (χ1n) is 6.13. The number of nitrogen functional groups attached to an aromatic ring is 1. The molecule has 0 saturated heterocycles. The van der Waals surface area contributed by atoms with E-state index in [9.17, 15) is 4.79 Å². The topological polar surface area (TPSA) is 64.3 Å². The second-order valence-electron chi connectivity index (χ2n) is 4.53. The third-order valence-electron chi connectivity index (χ3n) is 2.90. The first-order chi connectivity index (χ1) is 9.92. The van der Waals surface area contributed by atoms with Crippen molar-refractivity contribution in [2.24, 2.45) is 0 Å². The molecule has 2 aromatic carbocycles. The number of esters is 1. The Bertz CT molecular complexity index is 704. The number of ether oxygens (including phenoxy) is 1. The Kier molecular flexibility index (Phi) is 4.75. The maximum atomic E-state index is 11.9. The molecule has 4 nitrogen and oxygen atoms in total. The molecule has 3 N–H and O–H groups in total. The summed E-state index contributed by atoms with van der Waals surface area (Å²) < 4.78 is 5.64. The maximum absolute atomic E-state index is 11.9. The summed E-state index contributed by atoms with van der Waals surface area (Å²) in [6, 6.07) is 8.93. The van der Waals surface area contributed by atoms with Crippen molar-refractivity contribution in [3.05, 3.63) is 51.0 Å². The van der Waals surface area contributed by atoms with Crippen molar-refractivity contribution >= 4 is 50.6 Å². The van der Waals surface area contributed by atoms with Gasteiger partial charge < -0.3 is 15.8 Å². The number of nitrogens with two attached hydrogens (primary N) is 1. The molecule has 0 saturated carbocycles. The van der Waals surface area contributed by atoms with Crippen LogP contribution in [0.4, 0.5) is 17.1 Å². The number of benzene rings is 2. The maximum Gasteiger partial charge on any atom is 0.340 e. The van der Waals surface area contributed by atoms with Gasteiger partial charge in [-0.15, -0.1) is 0 Å². The number of nitrogens with one attached hydrogen (secondary N) is 1. The Morgan fingerprint density at radius 1 is 1.33 bits per heavy atom. The van der Waals surface area contributed by atoms with Crippen molar-refractivity contribution in [2.45, 2.75) is 6.92 Å². The van der Waals surface area contributed by atoms with Crippen LogP contribution in [0.5, 0.6) is 0 Å². The highest BCUT2D eigenvalue weighted by Crippen LogP contribution is 2.34. The number of anilines is 3. The number of aryl methyl sites for hydroxylation is 1. The zero-order valence-electron chi connectivity index (χ0n) is 11.5. The van der Waals surface area contributed by atoms with Crippen molar-refractivity contribution in [3.8, 4) is 0 Å². The van der Waals surface area contributed by atoms with Gasteiger partial charge >= 0.3 is 5.97 Å². The summed E-state index contributed by atoms with van der Waals surface area (Å²) in [5.41, 5.74) is 8.78. The molecule has 0 radical (unpaired) electrons. The fourth-order valence-electron chi connectivity index (χ4n) is 1.88. The molecule has 0 spiro atoms. The van der Waals surface area contributed by atoms with Gasteiger partial charge in [0.25, 0.3) is 0 Å². The molecule has 110 valence electrons. The second kappa shape index (κ2) is 6.37. The van der Waals surface area contributed by atoms with Crippen LogP contribution in [0, 0.1) is 6.92 Å². The molecule has 0 amide bonds. The lowest BCUT2D eigenvalue weighted by molar-refractivity contribution is 0.0602. The van der Waals surface area contributed by atoms with E-state index in [-0.39, 0.29) is 5.56 Å². The number of carbonyl (C=O) groups excluding carboxylic acids is 1. The van der Waals surface area contributed by atoms with Crippen molar-refractivity contribution < 1.29 is 9.53 Å². The van der Waals surface area contributed by atoms with Gasteiger partial charge in [-0.05, 0) is 52.7 Å². The van der Waals surface area contributed by atoms with Crippen LogP contribution in [0.15, 0.2) is 34.8 Å². The van der Waals surface area contributed by atoms with Crippen molar-refractivity contribution in [1.82, 2.24) is 0 Å². The van der Waals surface area contributed by atoms with Crippen LogP contribution < -0.4 is 11.1 Å². The summed E-state index contributed by atoms with van der Waals surface area (Å²) in [5, 5.41) is 3.49. The van der Waals surface area contributed by atoms with Gasteiger partial charge in [-0.2, -0.15) is 0 Å². The van der Waals surface area contributed by atoms with Crippen LogP contribution in [-0.2, 0) is 4.74 Å². The quantitative estimate of drug-likeness (QED) is 0.616. The standard InChI is InChI=1S/C15H14BrClN2O2/c1-8-3-4-13(11(16)5-8)19-14-10(15(20)21-2)6-9(18)7-12(14)17/h3-7,19H,18H2,1-2H3. The Morgan fingerprint density at radius 2 is 2.05 bits per heavy atom. The average molecular weight is 370 g/mol. The molecule has 0 heterocycles. The summed E-state index contributed by atoms with van der Waals surface area (Å²) in [7, 11) is 1.31. The van der Waals surface area contributed by atoms with Gasteiger partial charge in [-0.25, -0.2) is 4.79 Å². The zero-order valence-corrected chi connectivity index (χ0v) is 13.9. The van der Waals surface area contributed by atoms with E-state index in [0.29, 0.717) is 16.4 Å². The summed E-state index contributed by atoms with van der Waals surface area (Å²) in [6.07, 6.45) is 0. The lowest BCUT2D eigenvalue weighted by Gasteiger charge is -2.15. The van der Waals surface area contributed by atoms with Gasteiger partial charge in [0, 0.05) is 10.2 Å². The van der Waals surface area contributed by atoms with Crippen molar-refractivity contribution in [3.63, 3.8) is 0 Å². The van der Waals surface area contributed by atoms with Crippen LogP contribution in [0.2, 0.25) is 5.02 Å². The highest BCUT2D eigenvalue weighted by atomic mass is 79.9. The van der Waals surface area contributed by atoms with E-state index in [2.05, 4.69) is 21.2 Å². The summed E-state index contributed by atoms with van der Waals surface area (Å²) >= 11 is 9.68. The van der Waals surface area contributed by atoms with Gasteiger partial charge in [-0.3, -0.25) is 0 Å². The Morgan fingerprint density at radius 3 is 2.67 bits per heavy atom.